The maximum absolute atomic E-state index is 12.1. The van der Waals surface area contributed by atoms with Crippen LogP contribution in [0.1, 0.15) is 12.5 Å². The fourth-order valence-electron chi connectivity index (χ4n) is 1.93. The van der Waals surface area contributed by atoms with Crippen molar-refractivity contribution >= 4 is 27.8 Å². The number of ether oxygens (including phenoxy) is 1. The van der Waals surface area contributed by atoms with Crippen LogP contribution in [0.25, 0.3) is 0 Å². The lowest BCUT2D eigenvalue weighted by Gasteiger charge is -2.21. The standard InChI is InChI=1S/C13H14BrNO4/c1-8(13(17)18)12(16)15-4-5-19-11-3-2-10(14)6-9(11)7-15/h2-3,6,8H,4-5,7H2,1H3,(H,17,18). The molecule has 102 valence electrons. The second-order valence-electron chi connectivity index (χ2n) is 4.42. The van der Waals surface area contributed by atoms with E-state index in [0.29, 0.717) is 19.7 Å². The Bertz CT molecular complexity index is 517. The molecule has 1 N–H and O–H groups in total. The number of carbonyl (C=O) groups is 2. The number of carboxylic acids is 1. The molecule has 0 fully saturated rings. The average Bonchev–Trinajstić information content (AvgIpc) is 2.58. The number of amides is 1. The predicted octanol–water partition coefficient (Wildman–Crippen LogP) is 1.89. The largest absolute Gasteiger partial charge is 0.491 e. The molecule has 1 atom stereocenters. The van der Waals surface area contributed by atoms with Crippen molar-refractivity contribution in [2.45, 2.75) is 13.5 Å². The normalized spacial score (nSPS) is 16.0. The molecule has 0 aromatic heterocycles. The lowest BCUT2D eigenvalue weighted by molar-refractivity contribution is -0.150. The number of fused-ring (bicyclic) bond motifs is 1. The van der Waals surface area contributed by atoms with E-state index in [-0.39, 0.29) is 5.91 Å². The summed E-state index contributed by atoms with van der Waals surface area (Å²) in [6, 6.07) is 5.59. The molecule has 1 aromatic carbocycles. The number of carboxylic acid groups (broad SMARTS) is 1. The minimum atomic E-state index is -1.11. The highest BCUT2D eigenvalue weighted by Gasteiger charge is 2.28. The van der Waals surface area contributed by atoms with E-state index in [1.54, 1.807) is 0 Å². The minimum Gasteiger partial charge on any atom is -0.491 e. The molecule has 1 amide bonds. The van der Waals surface area contributed by atoms with Crippen LogP contribution < -0.4 is 4.74 Å². The zero-order chi connectivity index (χ0) is 14.0. The third-order valence-corrected chi connectivity index (χ3v) is 3.55. The van der Waals surface area contributed by atoms with Gasteiger partial charge < -0.3 is 14.7 Å². The maximum atomic E-state index is 12.1. The number of aliphatic carboxylic acids is 1. The number of hydrogen-bond acceptors (Lipinski definition) is 3. The lowest BCUT2D eigenvalue weighted by Crippen LogP contribution is -2.39. The third kappa shape index (κ3) is 3.07. The number of rotatable bonds is 2. The van der Waals surface area contributed by atoms with Crippen molar-refractivity contribution in [1.29, 1.82) is 0 Å². The molecule has 0 spiro atoms. The van der Waals surface area contributed by atoms with E-state index >= 15 is 0 Å². The predicted molar refractivity (Wildman–Crippen MR) is 71.9 cm³/mol. The van der Waals surface area contributed by atoms with Crippen LogP contribution in [0.2, 0.25) is 0 Å². The second kappa shape index (κ2) is 5.61. The average molecular weight is 328 g/mol. The quantitative estimate of drug-likeness (QED) is 0.842. The third-order valence-electron chi connectivity index (χ3n) is 3.06. The van der Waals surface area contributed by atoms with Crippen LogP contribution >= 0.6 is 15.9 Å². The van der Waals surface area contributed by atoms with Gasteiger partial charge in [-0.15, -0.1) is 0 Å². The van der Waals surface area contributed by atoms with Crippen LogP contribution in [0.3, 0.4) is 0 Å². The van der Waals surface area contributed by atoms with Gasteiger partial charge in [0.15, 0.2) is 0 Å². The summed E-state index contributed by atoms with van der Waals surface area (Å²) >= 11 is 3.37. The van der Waals surface area contributed by atoms with Gasteiger partial charge in [0.05, 0.1) is 6.54 Å². The topological polar surface area (TPSA) is 66.8 Å². The van der Waals surface area contributed by atoms with E-state index in [0.717, 1.165) is 15.8 Å². The first-order valence-electron chi connectivity index (χ1n) is 5.92. The lowest BCUT2D eigenvalue weighted by atomic mass is 10.1. The highest BCUT2D eigenvalue weighted by molar-refractivity contribution is 9.10. The van der Waals surface area contributed by atoms with Gasteiger partial charge in [0.1, 0.15) is 18.3 Å². The molecule has 5 nitrogen and oxygen atoms in total. The van der Waals surface area contributed by atoms with E-state index in [1.165, 1.54) is 11.8 Å². The molecule has 0 radical (unpaired) electrons. The molecule has 19 heavy (non-hydrogen) atoms. The Balaban J connectivity index is 2.22. The Hall–Kier alpha value is -1.56. The first kappa shape index (κ1) is 13.9. The molecule has 2 rings (SSSR count). The molecule has 0 aliphatic carbocycles. The first-order valence-corrected chi connectivity index (χ1v) is 6.71. The van der Waals surface area contributed by atoms with Crippen molar-refractivity contribution in [2.24, 2.45) is 5.92 Å². The van der Waals surface area contributed by atoms with E-state index in [4.69, 9.17) is 9.84 Å². The van der Waals surface area contributed by atoms with E-state index in [2.05, 4.69) is 15.9 Å². The number of nitrogens with zero attached hydrogens (tertiary/aromatic N) is 1. The Labute approximate surface area is 119 Å². The fraction of sp³-hybridized carbons (Fsp3) is 0.385. The maximum Gasteiger partial charge on any atom is 0.315 e. The number of halogens is 1. The molecule has 0 bridgehead atoms. The highest BCUT2D eigenvalue weighted by atomic mass is 79.9. The van der Waals surface area contributed by atoms with Gasteiger partial charge >= 0.3 is 5.97 Å². The summed E-state index contributed by atoms with van der Waals surface area (Å²) in [5.74, 6) is -1.79. The van der Waals surface area contributed by atoms with Crippen molar-refractivity contribution < 1.29 is 19.4 Å². The molecule has 1 unspecified atom stereocenters. The Kier molecular flexibility index (Phi) is 4.09. The number of carbonyl (C=O) groups excluding carboxylic acids is 1. The SMILES string of the molecule is CC(C(=O)O)C(=O)N1CCOc2ccc(Br)cc2C1. The summed E-state index contributed by atoms with van der Waals surface area (Å²) in [5, 5.41) is 8.91. The van der Waals surface area contributed by atoms with Gasteiger partial charge in [-0.2, -0.15) is 0 Å². The molecular formula is C13H14BrNO4. The van der Waals surface area contributed by atoms with Crippen LogP contribution in [0.4, 0.5) is 0 Å². The summed E-state index contributed by atoms with van der Waals surface area (Å²) in [7, 11) is 0. The van der Waals surface area contributed by atoms with E-state index in [9.17, 15) is 9.59 Å². The van der Waals surface area contributed by atoms with Gasteiger partial charge in [0.25, 0.3) is 0 Å². The zero-order valence-electron chi connectivity index (χ0n) is 10.4. The number of benzene rings is 1. The van der Waals surface area contributed by atoms with Crippen LogP contribution in [0.15, 0.2) is 22.7 Å². The Morgan fingerprint density at radius 3 is 2.89 bits per heavy atom. The van der Waals surface area contributed by atoms with E-state index in [1.807, 2.05) is 18.2 Å². The van der Waals surface area contributed by atoms with Gasteiger partial charge in [-0.05, 0) is 25.1 Å². The summed E-state index contributed by atoms with van der Waals surface area (Å²) in [4.78, 5) is 24.5. The van der Waals surface area contributed by atoms with Gasteiger partial charge in [-0.1, -0.05) is 15.9 Å². The molecular weight excluding hydrogens is 314 g/mol. The summed E-state index contributed by atoms with van der Waals surface area (Å²) in [6.07, 6.45) is 0. The molecule has 1 heterocycles. The van der Waals surface area contributed by atoms with Crippen LogP contribution in [-0.2, 0) is 16.1 Å². The Morgan fingerprint density at radius 2 is 2.21 bits per heavy atom. The van der Waals surface area contributed by atoms with Gasteiger partial charge in [0.2, 0.25) is 5.91 Å². The van der Waals surface area contributed by atoms with Crippen LogP contribution in [0, 0.1) is 5.92 Å². The molecule has 1 aliphatic rings. The van der Waals surface area contributed by atoms with Crippen LogP contribution in [0.5, 0.6) is 5.75 Å². The van der Waals surface area contributed by atoms with Crippen molar-refractivity contribution in [3.8, 4) is 5.75 Å². The van der Waals surface area contributed by atoms with Crippen LogP contribution in [-0.4, -0.2) is 35.0 Å². The first-order chi connectivity index (χ1) is 8.99. The van der Waals surface area contributed by atoms with Crippen molar-refractivity contribution in [3.05, 3.63) is 28.2 Å². The molecule has 0 saturated heterocycles. The van der Waals surface area contributed by atoms with Crippen molar-refractivity contribution in [1.82, 2.24) is 4.90 Å². The zero-order valence-corrected chi connectivity index (χ0v) is 12.0. The van der Waals surface area contributed by atoms with Crippen molar-refractivity contribution in [3.63, 3.8) is 0 Å². The molecule has 6 heteroatoms. The summed E-state index contributed by atoms with van der Waals surface area (Å²) < 4.78 is 6.46. The van der Waals surface area contributed by atoms with Crippen molar-refractivity contribution in [2.75, 3.05) is 13.2 Å². The summed E-state index contributed by atoms with van der Waals surface area (Å²) in [6.45, 7) is 2.53. The van der Waals surface area contributed by atoms with Gasteiger partial charge in [0, 0.05) is 16.6 Å². The molecule has 1 aromatic rings. The van der Waals surface area contributed by atoms with Gasteiger partial charge in [-0.25, -0.2) is 0 Å². The molecule has 0 saturated carbocycles. The summed E-state index contributed by atoms with van der Waals surface area (Å²) in [5.41, 5.74) is 0.873. The smallest absolute Gasteiger partial charge is 0.315 e. The second-order valence-corrected chi connectivity index (χ2v) is 5.34. The minimum absolute atomic E-state index is 0.366. The monoisotopic (exact) mass is 327 g/mol. The highest BCUT2D eigenvalue weighted by Crippen LogP contribution is 2.27. The molecule has 1 aliphatic heterocycles. The van der Waals surface area contributed by atoms with E-state index < -0.39 is 11.9 Å². The fourth-order valence-corrected chi connectivity index (χ4v) is 2.34. The number of hydrogen-bond donors (Lipinski definition) is 1. The Morgan fingerprint density at radius 1 is 1.47 bits per heavy atom. The van der Waals surface area contributed by atoms with Gasteiger partial charge in [-0.3, -0.25) is 9.59 Å².